The van der Waals surface area contributed by atoms with Crippen LogP contribution in [-0.2, 0) is 17.8 Å². The lowest BCUT2D eigenvalue weighted by molar-refractivity contribution is -0.126. The van der Waals surface area contributed by atoms with E-state index in [2.05, 4.69) is 46.8 Å². The van der Waals surface area contributed by atoms with Gasteiger partial charge in [0.05, 0.1) is 12.2 Å². The van der Waals surface area contributed by atoms with Crippen molar-refractivity contribution in [3.05, 3.63) is 65.2 Å². The molecule has 0 spiro atoms. The van der Waals surface area contributed by atoms with Gasteiger partial charge in [0.1, 0.15) is 18.1 Å². The van der Waals surface area contributed by atoms with Gasteiger partial charge in [-0.3, -0.25) is 4.79 Å². The normalized spacial score (nSPS) is 20.1. The molecular weight excluding hydrogens is 518 g/mol. The number of anilines is 2. The monoisotopic (exact) mass is 555 g/mol. The van der Waals surface area contributed by atoms with Crippen LogP contribution in [0.3, 0.4) is 0 Å². The number of rotatable bonds is 7. The highest BCUT2D eigenvalue weighted by Gasteiger charge is 2.32. The average Bonchev–Trinajstić information content (AvgIpc) is 3.36. The lowest BCUT2D eigenvalue weighted by Gasteiger charge is -2.38. The maximum Gasteiger partial charge on any atom is 0.318 e. The molecular formula is C31H37N7O3. The maximum atomic E-state index is 12.2. The van der Waals surface area contributed by atoms with Crippen LogP contribution in [0.4, 0.5) is 17.2 Å². The molecule has 0 unspecified atom stereocenters. The fraction of sp³-hybridized carbons (Fsp3) is 0.452. The van der Waals surface area contributed by atoms with Crippen LogP contribution in [0.1, 0.15) is 37.9 Å². The highest BCUT2D eigenvalue weighted by atomic mass is 16.5. The van der Waals surface area contributed by atoms with Gasteiger partial charge in [-0.25, -0.2) is 0 Å². The third-order valence-electron chi connectivity index (χ3n) is 8.49. The number of piperazine rings is 1. The fourth-order valence-corrected chi connectivity index (χ4v) is 6.31. The summed E-state index contributed by atoms with van der Waals surface area (Å²) in [4.78, 5) is 39.9. The Labute approximate surface area is 240 Å². The summed E-state index contributed by atoms with van der Waals surface area (Å²) in [5.74, 6) is 0.850. The number of fused-ring (bicyclic) bond motifs is 2. The van der Waals surface area contributed by atoms with Gasteiger partial charge in [0, 0.05) is 60.9 Å². The van der Waals surface area contributed by atoms with Gasteiger partial charge in [-0.2, -0.15) is 9.97 Å². The number of carbonyl (C=O) groups excluding carboxylic acids is 1. The van der Waals surface area contributed by atoms with E-state index < -0.39 is 0 Å². The maximum absolute atomic E-state index is 12.2. The molecule has 1 aromatic heterocycles. The summed E-state index contributed by atoms with van der Waals surface area (Å²) in [7, 11) is 0. The minimum absolute atomic E-state index is 0.0414. The van der Waals surface area contributed by atoms with Gasteiger partial charge in [0.15, 0.2) is 0 Å². The van der Waals surface area contributed by atoms with Crippen LogP contribution in [0.2, 0.25) is 0 Å². The molecule has 1 atom stereocenters. The molecule has 3 aliphatic heterocycles. The zero-order valence-corrected chi connectivity index (χ0v) is 23.8. The molecule has 1 N–H and O–H groups in total. The molecule has 2 saturated heterocycles. The molecule has 2 fully saturated rings. The van der Waals surface area contributed by atoms with Crippen molar-refractivity contribution in [2.24, 2.45) is 5.18 Å². The number of benzene rings is 2. The number of amides is 1. The number of carbonyl (C=O) groups is 1. The predicted molar refractivity (Wildman–Crippen MR) is 161 cm³/mol. The summed E-state index contributed by atoms with van der Waals surface area (Å²) in [6.07, 6.45) is 4.27. The fourth-order valence-electron chi connectivity index (χ4n) is 6.31. The zero-order chi connectivity index (χ0) is 28.6. The van der Waals surface area contributed by atoms with E-state index >= 15 is 0 Å². The zero-order valence-electron chi connectivity index (χ0n) is 23.8. The van der Waals surface area contributed by atoms with E-state index in [0.29, 0.717) is 51.0 Å². The first-order chi connectivity index (χ1) is 19.8. The number of hydrogen-bond acceptors (Lipinski definition) is 9. The lowest BCUT2D eigenvalue weighted by atomic mass is 10.0. The second-order valence-electron chi connectivity index (χ2n) is 11.8. The van der Waals surface area contributed by atoms with Crippen molar-refractivity contribution in [1.29, 1.82) is 0 Å². The summed E-state index contributed by atoms with van der Waals surface area (Å²) < 4.78 is 6.24. The molecule has 6 rings (SSSR count). The number of nitroso groups, excluding NO2 is 1. The minimum atomic E-state index is -0.0414. The largest absolute Gasteiger partial charge is 0.462 e. The first-order valence-electron chi connectivity index (χ1n) is 14.4. The van der Waals surface area contributed by atoms with E-state index in [0.717, 1.165) is 59.3 Å². The Bertz CT molecular complexity index is 1480. The summed E-state index contributed by atoms with van der Waals surface area (Å²) in [6.45, 7) is 12.5. The third kappa shape index (κ3) is 5.61. The molecule has 1 amide bonds. The molecule has 41 heavy (non-hydrogen) atoms. The van der Waals surface area contributed by atoms with Crippen molar-refractivity contribution in [3.8, 4) is 6.01 Å². The molecule has 0 aliphatic carbocycles. The van der Waals surface area contributed by atoms with Crippen molar-refractivity contribution < 1.29 is 9.53 Å². The molecule has 0 radical (unpaired) electrons. The average molecular weight is 556 g/mol. The van der Waals surface area contributed by atoms with Crippen LogP contribution in [0.15, 0.2) is 54.2 Å². The summed E-state index contributed by atoms with van der Waals surface area (Å²) >= 11 is 0. The predicted octanol–water partition coefficient (Wildman–Crippen LogP) is 4.33. The number of nitrogens with zero attached hydrogens (tertiary/aromatic N) is 6. The van der Waals surface area contributed by atoms with Crippen molar-refractivity contribution in [2.75, 3.05) is 49.1 Å². The van der Waals surface area contributed by atoms with E-state index in [9.17, 15) is 9.70 Å². The van der Waals surface area contributed by atoms with Crippen molar-refractivity contribution in [2.45, 2.75) is 51.2 Å². The smallest absolute Gasteiger partial charge is 0.318 e. The molecule has 214 valence electrons. The van der Waals surface area contributed by atoms with Gasteiger partial charge >= 0.3 is 6.01 Å². The lowest BCUT2D eigenvalue weighted by Crippen LogP contribution is -2.49. The number of ether oxygens (including phenoxy) is 1. The van der Waals surface area contributed by atoms with Crippen LogP contribution < -0.4 is 19.9 Å². The Hall–Kier alpha value is -4.05. The Morgan fingerprint density at radius 3 is 2.68 bits per heavy atom. The first kappa shape index (κ1) is 27.1. The first-order valence-corrected chi connectivity index (χ1v) is 14.4. The Kier molecular flexibility index (Phi) is 7.33. The minimum Gasteiger partial charge on any atom is -0.462 e. The van der Waals surface area contributed by atoms with Crippen molar-refractivity contribution in [3.63, 3.8) is 0 Å². The van der Waals surface area contributed by atoms with Crippen molar-refractivity contribution >= 4 is 33.9 Å². The third-order valence-corrected chi connectivity index (χ3v) is 8.49. The van der Waals surface area contributed by atoms with Crippen LogP contribution in [0.5, 0.6) is 6.01 Å². The highest BCUT2D eigenvalue weighted by Crippen LogP contribution is 2.37. The van der Waals surface area contributed by atoms with E-state index in [1.165, 1.54) is 6.08 Å². The van der Waals surface area contributed by atoms with Crippen LogP contribution in [-0.4, -0.2) is 71.7 Å². The van der Waals surface area contributed by atoms with Crippen LogP contribution in [0.25, 0.3) is 10.8 Å². The summed E-state index contributed by atoms with van der Waals surface area (Å²) in [6, 6.07) is 12.4. The van der Waals surface area contributed by atoms with Crippen LogP contribution in [0, 0.1) is 4.91 Å². The summed E-state index contributed by atoms with van der Waals surface area (Å²) in [5, 5.41) is 8.94. The van der Waals surface area contributed by atoms with Crippen molar-refractivity contribution in [1.82, 2.24) is 20.2 Å². The van der Waals surface area contributed by atoms with E-state index in [1.54, 1.807) is 0 Å². The molecule has 0 bridgehead atoms. The van der Waals surface area contributed by atoms with Gasteiger partial charge in [0.2, 0.25) is 5.91 Å². The van der Waals surface area contributed by atoms with Gasteiger partial charge in [-0.15, -0.1) is 4.91 Å². The van der Waals surface area contributed by atoms with E-state index in [-0.39, 0.29) is 17.5 Å². The quantitative estimate of drug-likeness (QED) is 0.339. The number of aromatic nitrogens is 2. The van der Waals surface area contributed by atoms with Gasteiger partial charge in [0.25, 0.3) is 0 Å². The van der Waals surface area contributed by atoms with Gasteiger partial charge in [-0.1, -0.05) is 30.8 Å². The standard InChI is InChI=1S/C31H37N7O3/c1-4-28(39)36-13-15-37(16-14-36)29-25-10-12-38(27-18-23(35-40)17-21-7-5-6-8-24(21)27)19-26(25)32-30(33-29)41-20-22-9-11-31(2,3)34-22/h4-8,17-18,22,34H,1,9-16,19-20H2,2-3H3/t22-/m1/s1. The second-order valence-corrected chi connectivity index (χ2v) is 11.8. The Balaban J connectivity index is 1.31. The van der Waals surface area contributed by atoms with Crippen LogP contribution >= 0.6 is 0 Å². The number of hydrogen-bond donors (Lipinski definition) is 1. The van der Waals surface area contributed by atoms with Gasteiger partial charge in [-0.05, 0) is 61.9 Å². The summed E-state index contributed by atoms with van der Waals surface area (Å²) in [5.41, 5.74) is 3.53. The molecule has 2 aromatic carbocycles. The molecule has 0 saturated carbocycles. The topological polar surface area (TPSA) is 103 Å². The Morgan fingerprint density at radius 1 is 1.15 bits per heavy atom. The molecule has 10 nitrogen and oxygen atoms in total. The van der Waals surface area contributed by atoms with E-state index in [1.807, 2.05) is 35.2 Å². The highest BCUT2D eigenvalue weighted by molar-refractivity contribution is 5.97. The second kappa shape index (κ2) is 11.1. The van der Waals surface area contributed by atoms with Gasteiger partial charge < -0.3 is 24.8 Å². The molecule has 4 heterocycles. The number of nitrogens with one attached hydrogen (secondary N) is 1. The SMILES string of the molecule is C=CC(=O)N1CCN(c2nc(OC[C@H]3CCC(C)(C)N3)nc3c2CCN(c2cc(N=O)cc4ccccc24)C3)CC1. The molecule has 3 aliphatic rings. The molecule has 3 aromatic rings. The Morgan fingerprint density at radius 2 is 1.95 bits per heavy atom. The van der Waals surface area contributed by atoms with E-state index in [4.69, 9.17) is 14.7 Å². The molecule has 10 heteroatoms.